The van der Waals surface area contributed by atoms with Gasteiger partial charge in [-0.25, -0.2) is 0 Å². The predicted octanol–water partition coefficient (Wildman–Crippen LogP) is 15.6. The van der Waals surface area contributed by atoms with Crippen LogP contribution in [0.1, 0.15) is 233 Å². The standard InChI is InChI=1S/C45H85NO2/c1-5-9-13-17-21-23-27-31-35-42(33-29-25-19-15-11-7-3)40-47-44-37-45(39-46-38-44)48-41-43(34-30-26-20-16-12-8-4)36-32-28-24-22-18-14-10-6-2/h37-39,42-43H,5-36,40-41H2,1-4H3. The smallest absolute Gasteiger partial charge is 0.141 e. The van der Waals surface area contributed by atoms with Gasteiger partial charge in [0.2, 0.25) is 0 Å². The number of hydrogen-bond acceptors (Lipinski definition) is 3. The average Bonchev–Trinajstić information content (AvgIpc) is 3.10. The highest BCUT2D eigenvalue weighted by atomic mass is 16.5. The van der Waals surface area contributed by atoms with Crippen LogP contribution in [0.2, 0.25) is 0 Å². The SMILES string of the molecule is CCCCCCCCCCC(CCCCCCCC)COc1cncc(OCC(CCCCCCCC)CCCCCCCCCC)c1. The molecule has 0 aliphatic heterocycles. The van der Waals surface area contributed by atoms with Crippen molar-refractivity contribution in [2.75, 3.05) is 13.2 Å². The molecule has 48 heavy (non-hydrogen) atoms. The molecular formula is C45H85NO2. The zero-order valence-corrected chi connectivity index (χ0v) is 33.2. The van der Waals surface area contributed by atoms with Crippen molar-refractivity contribution in [1.82, 2.24) is 4.98 Å². The van der Waals surface area contributed by atoms with Gasteiger partial charge >= 0.3 is 0 Å². The van der Waals surface area contributed by atoms with E-state index in [1.807, 2.05) is 12.4 Å². The van der Waals surface area contributed by atoms with Crippen LogP contribution in [-0.4, -0.2) is 18.2 Å². The molecule has 0 fully saturated rings. The van der Waals surface area contributed by atoms with Crippen LogP contribution in [-0.2, 0) is 0 Å². The quantitative estimate of drug-likeness (QED) is 0.0656. The van der Waals surface area contributed by atoms with Gasteiger partial charge in [-0.2, -0.15) is 0 Å². The molecule has 0 amide bonds. The van der Waals surface area contributed by atoms with E-state index < -0.39 is 0 Å². The number of ether oxygens (including phenoxy) is 2. The zero-order chi connectivity index (χ0) is 34.6. The minimum atomic E-state index is 0.647. The van der Waals surface area contributed by atoms with Gasteiger partial charge in [0.25, 0.3) is 0 Å². The molecule has 0 aromatic carbocycles. The lowest BCUT2D eigenvalue weighted by Gasteiger charge is -2.19. The minimum absolute atomic E-state index is 0.647. The van der Waals surface area contributed by atoms with Gasteiger partial charge in [0, 0.05) is 6.07 Å². The number of hydrogen-bond donors (Lipinski definition) is 0. The van der Waals surface area contributed by atoms with Crippen LogP contribution in [0.5, 0.6) is 11.5 Å². The van der Waals surface area contributed by atoms with Crippen molar-refractivity contribution >= 4 is 0 Å². The second-order valence-electron chi connectivity index (χ2n) is 15.4. The maximum Gasteiger partial charge on any atom is 0.141 e. The molecule has 0 radical (unpaired) electrons. The van der Waals surface area contributed by atoms with E-state index in [1.54, 1.807) is 0 Å². The molecule has 3 nitrogen and oxygen atoms in total. The molecule has 1 heterocycles. The predicted molar refractivity (Wildman–Crippen MR) is 213 cm³/mol. The van der Waals surface area contributed by atoms with Crippen LogP contribution in [0.15, 0.2) is 18.5 Å². The van der Waals surface area contributed by atoms with Crippen LogP contribution in [0.25, 0.3) is 0 Å². The Morgan fingerprint density at radius 1 is 0.375 bits per heavy atom. The minimum Gasteiger partial charge on any atom is -0.492 e. The number of rotatable bonds is 38. The van der Waals surface area contributed by atoms with Crippen LogP contribution in [0.3, 0.4) is 0 Å². The highest BCUT2D eigenvalue weighted by Gasteiger charge is 2.13. The average molecular weight is 672 g/mol. The summed E-state index contributed by atoms with van der Waals surface area (Å²) in [7, 11) is 0. The fraction of sp³-hybridized carbons (Fsp3) is 0.889. The second kappa shape index (κ2) is 35.6. The molecule has 282 valence electrons. The van der Waals surface area contributed by atoms with E-state index in [-0.39, 0.29) is 0 Å². The normalized spacial score (nSPS) is 12.8. The molecule has 0 bridgehead atoms. The molecule has 2 atom stereocenters. The first-order valence-electron chi connectivity index (χ1n) is 21.9. The van der Waals surface area contributed by atoms with Gasteiger partial charge in [-0.05, 0) is 37.5 Å². The first-order chi connectivity index (χ1) is 23.7. The molecule has 3 heteroatoms. The Hall–Kier alpha value is -1.25. The van der Waals surface area contributed by atoms with E-state index in [1.165, 1.54) is 205 Å². The molecule has 0 saturated heterocycles. The van der Waals surface area contributed by atoms with Gasteiger partial charge in [0.1, 0.15) is 11.5 Å². The Morgan fingerprint density at radius 3 is 0.896 bits per heavy atom. The number of unbranched alkanes of at least 4 members (excludes halogenated alkanes) is 24. The first kappa shape index (κ1) is 44.8. The van der Waals surface area contributed by atoms with Crippen molar-refractivity contribution in [2.45, 2.75) is 233 Å². The molecule has 0 saturated carbocycles. The summed E-state index contributed by atoms with van der Waals surface area (Å²) in [6, 6.07) is 2.10. The van der Waals surface area contributed by atoms with E-state index in [0.717, 1.165) is 24.7 Å². The van der Waals surface area contributed by atoms with Gasteiger partial charge in [-0.1, -0.05) is 207 Å². The maximum atomic E-state index is 6.43. The highest BCUT2D eigenvalue weighted by Crippen LogP contribution is 2.25. The summed E-state index contributed by atoms with van der Waals surface area (Å²) in [6.07, 6.45) is 47.6. The van der Waals surface area contributed by atoms with Crippen LogP contribution >= 0.6 is 0 Å². The Balaban J connectivity index is 2.56. The van der Waals surface area contributed by atoms with E-state index >= 15 is 0 Å². The van der Waals surface area contributed by atoms with Crippen LogP contribution in [0.4, 0.5) is 0 Å². The van der Waals surface area contributed by atoms with Gasteiger partial charge in [0.05, 0.1) is 25.6 Å². The fourth-order valence-electron chi connectivity index (χ4n) is 7.17. The van der Waals surface area contributed by atoms with Crippen molar-refractivity contribution in [3.8, 4) is 11.5 Å². The monoisotopic (exact) mass is 672 g/mol. The van der Waals surface area contributed by atoms with Crippen molar-refractivity contribution in [3.05, 3.63) is 18.5 Å². The number of aromatic nitrogens is 1. The van der Waals surface area contributed by atoms with Crippen LogP contribution in [0, 0.1) is 11.8 Å². The Kier molecular flexibility index (Phi) is 33.2. The number of nitrogens with zero attached hydrogens (tertiary/aromatic N) is 1. The molecule has 1 rings (SSSR count). The Bertz CT molecular complexity index is 708. The van der Waals surface area contributed by atoms with Crippen LogP contribution < -0.4 is 9.47 Å². The lowest BCUT2D eigenvalue weighted by atomic mass is 9.94. The Morgan fingerprint density at radius 2 is 0.625 bits per heavy atom. The topological polar surface area (TPSA) is 31.4 Å². The summed E-state index contributed by atoms with van der Waals surface area (Å²) < 4.78 is 12.9. The zero-order valence-electron chi connectivity index (χ0n) is 33.2. The summed E-state index contributed by atoms with van der Waals surface area (Å²) >= 11 is 0. The molecule has 1 aromatic heterocycles. The number of pyridine rings is 1. The largest absolute Gasteiger partial charge is 0.492 e. The van der Waals surface area contributed by atoms with Crippen molar-refractivity contribution in [1.29, 1.82) is 0 Å². The maximum absolute atomic E-state index is 6.43. The van der Waals surface area contributed by atoms with Crippen molar-refractivity contribution in [2.24, 2.45) is 11.8 Å². The van der Waals surface area contributed by atoms with E-state index in [2.05, 4.69) is 38.7 Å². The Labute approximate surface area is 301 Å². The first-order valence-corrected chi connectivity index (χ1v) is 21.9. The molecule has 0 aliphatic carbocycles. The molecule has 1 aromatic rings. The summed E-state index contributed by atoms with van der Waals surface area (Å²) in [5.74, 6) is 3.06. The van der Waals surface area contributed by atoms with E-state index in [9.17, 15) is 0 Å². The third-order valence-corrected chi connectivity index (χ3v) is 10.5. The van der Waals surface area contributed by atoms with Gasteiger partial charge in [-0.15, -0.1) is 0 Å². The fourth-order valence-corrected chi connectivity index (χ4v) is 7.17. The third-order valence-electron chi connectivity index (χ3n) is 10.5. The summed E-state index contributed by atoms with van der Waals surface area (Å²) in [6.45, 7) is 10.8. The highest BCUT2D eigenvalue weighted by molar-refractivity contribution is 5.28. The third kappa shape index (κ3) is 28.6. The van der Waals surface area contributed by atoms with Gasteiger partial charge < -0.3 is 9.47 Å². The molecule has 2 unspecified atom stereocenters. The molecular weight excluding hydrogens is 587 g/mol. The summed E-state index contributed by atoms with van der Waals surface area (Å²) in [5.41, 5.74) is 0. The van der Waals surface area contributed by atoms with Gasteiger partial charge in [-0.3, -0.25) is 4.98 Å². The van der Waals surface area contributed by atoms with E-state index in [0.29, 0.717) is 11.8 Å². The lowest BCUT2D eigenvalue weighted by molar-refractivity contribution is 0.213. The van der Waals surface area contributed by atoms with E-state index in [4.69, 9.17) is 9.47 Å². The second-order valence-corrected chi connectivity index (χ2v) is 15.4. The molecule has 0 spiro atoms. The van der Waals surface area contributed by atoms with Gasteiger partial charge in [0.15, 0.2) is 0 Å². The van der Waals surface area contributed by atoms with Crippen molar-refractivity contribution in [3.63, 3.8) is 0 Å². The van der Waals surface area contributed by atoms with Crippen molar-refractivity contribution < 1.29 is 9.47 Å². The molecule has 0 aliphatic rings. The lowest BCUT2D eigenvalue weighted by Crippen LogP contribution is -2.14. The molecule has 0 N–H and O–H groups in total. The summed E-state index contributed by atoms with van der Waals surface area (Å²) in [5, 5.41) is 0. The summed E-state index contributed by atoms with van der Waals surface area (Å²) in [4.78, 5) is 4.53.